The minimum absolute atomic E-state index is 0.189. The van der Waals surface area contributed by atoms with E-state index in [9.17, 15) is 4.39 Å². The number of nitrogens with two attached hydrogens (primary N) is 1. The van der Waals surface area contributed by atoms with Gasteiger partial charge in [-0.05, 0) is 47.2 Å². The van der Waals surface area contributed by atoms with Crippen molar-refractivity contribution in [3.63, 3.8) is 0 Å². The van der Waals surface area contributed by atoms with Gasteiger partial charge in [-0.2, -0.15) is 0 Å². The van der Waals surface area contributed by atoms with E-state index in [1.54, 1.807) is 6.07 Å². The number of benzene rings is 2. The Morgan fingerprint density at radius 2 is 1.61 bits per heavy atom. The van der Waals surface area contributed by atoms with E-state index in [2.05, 4.69) is 32.9 Å². The van der Waals surface area contributed by atoms with Gasteiger partial charge in [-0.3, -0.25) is 0 Å². The van der Waals surface area contributed by atoms with Gasteiger partial charge in [0.1, 0.15) is 5.82 Å². The third kappa shape index (κ3) is 2.37. The van der Waals surface area contributed by atoms with Crippen LogP contribution in [0.1, 0.15) is 30.9 Å². The second-order valence-corrected chi connectivity index (χ2v) is 4.96. The van der Waals surface area contributed by atoms with Crippen LogP contribution < -0.4 is 5.73 Å². The number of hydrogen-bond donors (Lipinski definition) is 1. The fourth-order valence-electron chi connectivity index (χ4n) is 2.21. The molecule has 2 aromatic rings. The normalized spacial score (nSPS) is 10.9. The minimum atomic E-state index is -0.363. The van der Waals surface area contributed by atoms with E-state index in [4.69, 9.17) is 5.73 Å². The molecule has 0 aliphatic carbocycles. The number of rotatable bonds is 2. The number of halogens is 1. The molecule has 0 unspecified atom stereocenters. The Bertz CT molecular complexity index is 573. The lowest BCUT2D eigenvalue weighted by atomic mass is 9.94. The van der Waals surface area contributed by atoms with E-state index in [-0.39, 0.29) is 11.5 Å². The van der Waals surface area contributed by atoms with Crippen molar-refractivity contribution in [2.75, 3.05) is 5.73 Å². The van der Waals surface area contributed by atoms with Gasteiger partial charge in [-0.25, -0.2) is 4.39 Å². The predicted molar refractivity (Wildman–Crippen MR) is 75.1 cm³/mol. The molecule has 2 N–H and O–H groups in total. The summed E-state index contributed by atoms with van der Waals surface area (Å²) in [7, 11) is 0. The van der Waals surface area contributed by atoms with E-state index < -0.39 is 0 Å². The van der Waals surface area contributed by atoms with E-state index >= 15 is 0 Å². The molecule has 0 bridgehead atoms. The molecule has 2 heteroatoms. The molecule has 0 atom stereocenters. The number of hydrogen-bond acceptors (Lipinski definition) is 1. The number of aryl methyl sites for hydroxylation is 1. The van der Waals surface area contributed by atoms with Crippen LogP contribution in [-0.2, 0) is 0 Å². The summed E-state index contributed by atoms with van der Waals surface area (Å²) in [5.41, 5.74) is 10.1. The smallest absolute Gasteiger partial charge is 0.146 e. The van der Waals surface area contributed by atoms with Crippen LogP contribution in [0.15, 0.2) is 36.4 Å². The van der Waals surface area contributed by atoms with Crippen LogP contribution in [0.5, 0.6) is 0 Å². The summed E-state index contributed by atoms with van der Waals surface area (Å²) in [6.45, 7) is 6.43. The van der Waals surface area contributed by atoms with Gasteiger partial charge < -0.3 is 5.73 Å². The second kappa shape index (κ2) is 4.81. The van der Waals surface area contributed by atoms with Gasteiger partial charge in [0.2, 0.25) is 0 Å². The monoisotopic (exact) mass is 243 g/mol. The van der Waals surface area contributed by atoms with E-state index in [0.29, 0.717) is 5.92 Å². The van der Waals surface area contributed by atoms with Crippen LogP contribution in [0.25, 0.3) is 11.1 Å². The lowest BCUT2D eigenvalue weighted by molar-refractivity contribution is 0.633. The fourth-order valence-corrected chi connectivity index (χ4v) is 2.21. The van der Waals surface area contributed by atoms with Gasteiger partial charge >= 0.3 is 0 Å². The zero-order valence-corrected chi connectivity index (χ0v) is 11.0. The van der Waals surface area contributed by atoms with Gasteiger partial charge in [0.05, 0.1) is 5.69 Å². The molecule has 0 saturated heterocycles. The third-order valence-corrected chi connectivity index (χ3v) is 3.23. The fraction of sp³-hybridized carbons (Fsp3) is 0.250. The molecule has 0 amide bonds. The van der Waals surface area contributed by atoms with Crippen molar-refractivity contribution >= 4 is 5.69 Å². The average Bonchev–Trinajstić information content (AvgIpc) is 2.32. The van der Waals surface area contributed by atoms with Crippen LogP contribution in [0, 0.1) is 12.7 Å². The average molecular weight is 243 g/mol. The summed E-state index contributed by atoms with van der Waals surface area (Å²) in [6, 6.07) is 11.2. The zero-order valence-electron chi connectivity index (χ0n) is 11.0. The summed E-state index contributed by atoms with van der Waals surface area (Å²) in [6.07, 6.45) is 0. The van der Waals surface area contributed by atoms with Crippen LogP contribution in [0.3, 0.4) is 0 Å². The van der Waals surface area contributed by atoms with Gasteiger partial charge in [-0.1, -0.05) is 38.1 Å². The lowest BCUT2D eigenvalue weighted by Gasteiger charge is -2.12. The molecule has 0 aromatic heterocycles. The molecule has 2 rings (SSSR count). The highest BCUT2D eigenvalue weighted by molar-refractivity contribution is 5.67. The molecule has 0 fully saturated rings. The second-order valence-electron chi connectivity index (χ2n) is 4.96. The quantitative estimate of drug-likeness (QED) is 0.772. The Kier molecular flexibility index (Phi) is 3.37. The largest absolute Gasteiger partial charge is 0.396 e. The van der Waals surface area contributed by atoms with Crippen LogP contribution in [-0.4, -0.2) is 0 Å². The molecule has 0 radical (unpaired) electrons. The van der Waals surface area contributed by atoms with Crippen LogP contribution in [0.4, 0.5) is 10.1 Å². The lowest BCUT2D eigenvalue weighted by Crippen LogP contribution is -1.93. The molecule has 1 nitrogen and oxygen atoms in total. The summed E-state index contributed by atoms with van der Waals surface area (Å²) in [5, 5.41) is 0. The zero-order chi connectivity index (χ0) is 13.3. The first-order valence-corrected chi connectivity index (χ1v) is 6.15. The molecule has 18 heavy (non-hydrogen) atoms. The van der Waals surface area contributed by atoms with Gasteiger partial charge in [-0.15, -0.1) is 0 Å². The van der Waals surface area contributed by atoms with Crippen molar-refractivity contribution in [2.24, 2.45) is 0 Å². The highest BCUT2D eigenvalue weighted by Crippen LogP contribution is 2.27. The SMILES string of the molecule is Cc1cc(-c2ccc(N)c(F)c2)ccc1C(C)C. The van der Waals surface area contributed by atoms with Crippen molar-refractivity contribution in [3.8, 4) is 11.1 Å². The summed E-state index contributed by atoms with van der Waals surface area (Å²) < 4.78 is 13.4. The molecule has 0 aliphatic rings. The Morgan fingerprint density at radius 3 is 2.17 bits per heavy atom. The Balaban J connectivity index is 2.45. The highest BCUT2D eigenvalue weighted by atomic mass is 19.1. The van der Waals surface area contributed by atoms with Gasteiger partial charge in [0.25, 0.3) is 0 Å². The van der Waals surface area contributed by atoms with E-state index in [0.717, 1.165) is 11.1 Å². The van der Waals surface area contributed by atoms with E-state index in [1.807, 2.05) is 12.1 Å². The molecule has 0 saturated carbocycles. The molecular formula is C16H18FN. The van der Waals surface area contributed by atoms with E-state index in [1.165, 1.54) is 17.2 Å². The van der Waals surface area contributed by atoms with Gasteiger partial charge in [0, 0.05) is 0 Å². The highest BCUT2D eigenvalue weighted by Gasteiger charge is 2.07. The molecule has 0 heterocycles. The maximum Gasteiger partial charge on any atom is 0.146 e. The number of anilines is 1. The molecule has 0 aliphatic heterocycles. The van der Waals surface area contributed by atoms with Crippen molar-refractivity contribution in [1.82, 2.24) is 0 Å². The molecule has 2 aromatic carbocycles. The summed E-state index contributed by atoms with van der Waals surface area (Å²) >= 11 is 0. The summed E-state index contributed by atoms with van der Waals surface area (Å²) in [5.74, 6) is 0.139. The van der Waals surface area contributed by atoms with Crippen LogP contribution in [0.2, 0.25) is 0 Å². The Labute approximate surface area is 107 Å². The first-order chi connectivity index (χ1) is 8.49. The molecular weight excluding hydrogens is 225 g/mol. The maximum absolute atomic E-state index is 13.4. The van der Waals surface area contributed by atoms with Crippen molar-refractivity contribution in [2.45, 2.75) is 26.7 Å². The minimum Gasteiger partial charge on any atom is -0.396 e. The van der Waals surface area contributed by atoms with Crippen molar-refractivity contribution in [3.05, 3.63) is 53.3 Å². The molecule has 94 valence electrons. The summed E-state index contributed by atoms with van der Waals surface area (Å²) in [4.78, 5) is 0. The number of nitrogen functional groups attached to an aromatic ring is 1. The Hall–Kier alpha value is -1.83. The van der Waals surface area contributed by atoms with Crippen molar-refractivity contribution < 1.29 is 4.39 Å². The first-order valence-electron chi connectivity index (χ1n) is 6.15. The van der Waals surface area contributed by atoms with Gasteiger partial charge in [0.15, 0.2) is 0 Å². The van der Waals surface area contributed by atoms with Crippen LogP contribution >= 0.6 is 0 Å². The third-order valence-electron chi connectivity index (χ3n) is 3.23. The topological polar surface area (TPSA) is 26.0 Å². The molecule has 0 spiro atoms. The maximum atomic E-state index is 13.4. The van der Waals surface area contributed by atoms with Crippen molar-refractivity contribution in [1.29, 1.82) is 0 Å². The first kappa shape index (κ1) is 12.6. The predicted octanol–water partition coefficient (Wildman–Crippen LogP) is 4.51. The standard InChI is InChI=1S/C16H18FN/c1-10(2)14-6-4-12(8-11(14)3)13-5-7-16(18)15(17)9-13/h4-10H,18H2,1-3H3. The Morgan fingerprint density at radius 1 is 1.00 bits per heavy atom.